The molecule has 0 fully saturated rings. The van der Waals surface area contributed by atoms with E-state index in [2.05, 4.69) is 5.10 Å². The number of aryl methyl sites for hydroxylation is 2. The second-order valence-electron chi connectivity index (χ2n) is 3.57. The molecule has 2 rings (SSSR count). The standard InChI is InChI=1S/C11H13N3O/c1-7-5-10(14(2)13-7)9-6-8(12)3-4-11(9)15/h3-6,15H,12H2,1-2H3. The largest absolute Gasteiger partial charge is 0.507 e. The molecule has 1 heterocycles. The number of nitrogens with zero attached hydrogens (tertiary/aromatic N) is 2. The highest BCUT2D eigenvalue weighted by molar-refractivity contribution is 5.71. The van der Waals surface area contributed by atoms with Crippen LogP contribution in [0.5, 0.6) is 5.75 Å². The maximum absolute atomic E-state index is 9.73. The molecule has 0 spiro atoms. The molecule has 4 nitrogen and oxygen atoms in total. The van der Waals surface area contributed by atoms with Crippen molar-refractivity contribution in [1.82, 2.24) is 9.78 Å². The lowest BCUT2D eigenvalue weighted by atomic mass is 10.1. The van der Waals surface area contributed by atoms with Gasteiger partial charge in [-0.2, -0.15) is 5.10 Å². The molecular weight excluding hydrogens is 190 g/mol. The van der Waals surface area contributed by atoms with Crippen molar-refractivity contribution in [3.05, 3.63) is 30.0 Å². The molecule has 1 aromatic heterocycles. The van der Waals surface area contributed by atoms with Crippen molar-refractivity contribution >= 4 is 5.69 Å². The number of hydrogen-bond donors (Lipinski definition) is 2. The Hall–Kier alpha value is -1.97. The zero-order valence-electron chi connectivity index (χ0n) is 8.73. The Kier molecular flexibility index (Phi) is 2.11. The summed E-state index contributed by atoms with van der Waals surface area (Å²) in [5.74, 6) is 0.215. The van der Waals surface area contributed by atoms with Crippen LogP contribution in [0.25, 0.3) is 11.3 Å². The fourth-order valence-electron chi connectivity index (χ4n) is 1.62. The minimum atomic E-state index is 0.215. The van der Waals surface area contributed by atoms with E-state index in [4.69, 9.17) is 5.73 Å². The molecule has 0 amide bonds. The van der Waals surface area contributed by atoms with Gasteiger partial charge in [0.25, 0.3) is 0 Å². The van der Waals surface area contributed by atoms with Gasteiger partial charge in [0.05, 0.1) is 11.4 Å². The van der Waals surface area contributed by atoms with Gasteiger partial charge in [0.1, 0.15) is 5.75 Å². The zero-order valence-corrected chi connectivity index (χ0v) is 8.73. The number of aromatic hydroxyl groups is 1. The van der Waals surface area contributed by atoms with Gasteiger partial charge in [0.15, 0.2) is 0 Å². The number of aromatic nitrogens is 2. The fourth-order valence-corrected chi connectivity index (χ4v) is 1.62. The van der Waals surface area contributed by atoms with Gasteiger partial charge >= 0.3 is 0 Å². The van der Waals surface area contributed by atoms with E-state index >= 15 is 0 Å². The first kappa shape index (κ1) is 9.58. The first-order valence-electron chi connectivity index (χ1n) is 4.67. The van der Waals surface area contributed by atoms with E-state index in [1.54, 1.807) is 22.9 Å². The number of benzene rings is 1. The summed E-state index contributed by atoms with van der Waals surface area (Å²) in [4.78, 5) is 0. The van der Waals surface area contributed by atoms with E-state index in [-0.39, 0.29) is 5.75 Å². The van der Waals surface area contributed by atoms with E-state index in [1.807, 2.05) is 20.0 Å². The van der Waals surface area contributed by atoms with Crippen molar-refractivity contribution in [1.29, 1.82) is 0 Å². The van der Waals surface area contributed by atoms with Crippen LogP contribution in [0.2, 0.25) is 0 Å². The third kappa shape index (κ3) is 1.66. The maximum Gasteiger partial charge on any atom is 0.125 e. The average molecular weight is 203 g/mol. The molecule has 0 aliphatic heterocycles. The quantitative estimate of drug-likeness (QED) is 0.547. The normalized spacial score (nSPS) is 10.5. The highest BCUT2D eigenvalue weighted by atomic mass is 16.3. The molecule has 0 saturated carbocycles. The second kappa shape index (κ2) is 3.31. The Bertz CT molecular complexity index is 503. The summed E-state index contributed by atoms with van der Waals surface area (Å²) >= 11 is 0. The third-order valence-electron chi connectivity index (χ3n) is 2.30. The van der Waals surface area contributed by atoms with Crippen LogP contribution in [0.3, 0.4) is 0 Å². The van der Waals surface area contributed by atoms with Gasteiger partial charge in [-0.1, -0.05) is 0 Å². The van der Waals surface area contributed by atoms with Crippen LogP contribution in [0, 0.1) is 6.92 Å². The third-order valence-corrected chi connectivity index (χ3v) is 2.30. The van der Waals surface area contributed by atoms with Gasteiger partial charge in [-0.3, -0.25) is 4.68 Å². The second-order valence-corrected chi connectivity index (χ2v) is 3.57. The molecule has 1 aromatic carbocycles. The summed E-state index contributed by atoms with van der Waals surface area (Å²) in [6.45, 7) is 1.91. The maximum atomic E-state index is 9.73. The van der Waals surface area contributed by atoms with Gasteiger partial charge in [-0.05, 0) is 31.2 Å². The summed E-state index contributed by atoms with van der Waals surface area (Å²) in [5, 5.41) is 13.9. The number of rotatable bonds is 1. The fraction of sp³-hybridized carbons (Fsp3) is 0.182. The van der Waals surface area contributed by atoms with Crippen LogP contribution >= 0.6 is 0 Å². The SMILES string of the molecule is Cc1cc(-c2cc(N)ccc2O)n(C)n1. The number of nitrogen functional groups attached to an aromatic ring is 1. The molecule has 0 aliphatic rings. The van der Waals surface area contributed by atoms with E-state index in [0.29, 0.717) is 11.3 Å². The zero-order chi connectivity index (χ0) is 11.0. The van der Waals surface area contributed by atoms with Crippen LogP contribution in [0.15, 0.2) is 24.3 Å². The molecule has 0 radical (unpaired) electrons. The van der Waals surface area contributed by atoms with Crippen LogP contribution in [-0.2, 0) is 7.05 Å². The smallest absolute Gasteiger partial charge is 0.125 e. The van der Waals surface area contributed by atoms with Gasteiger partial charge in [0, 0.05) is 18.3 Å². The lowest BCUT2D eigenvalue weighted by Gasteiger charge is -2.05. The minimum absolute atomic E-state index is 0.215. The number of phenols is 1. The van der Waals surface area contributed by atoms with Crippen LogP contribution in [-0.4, -0.2) is 14.9 Å². The van der Waals surface area contributed by atoms with Gasteiger partial charge in [-0.25, -0.2) is 0 Å². The summed E-state index contributed by atoms with van der Waals surface area (Å²) in [6.07, 6.45) is 0. The van der Waals surface area contributed by atoms with E-state index in [1.165, 1.54) is 0 Å². The number of anilines is 1. The van der Waals surface area contributed by atoms with Crippen molar-refractivity contribution < 1.29 is 5.11 Å². The number of hydrogen-bond acceptors (Lipinski definition) is 3. The molecule has 2 aromatic rings. The molecule has 78 valence electrons. The molecule has 3 N–H and O–H groups in total. The number of nitrogens with two attached hydrogens (primary N) is 1. The highest BCUT2D eigenvalue weighted by Gasteiger charge is 2.09. The Morgan fingerprint density at radius 2 is 2.07 bits per heavy atom. The average Bonchev–Trinajstić information content (AvgIpc) is 2.50. The topological polar surface area (TPSA) is 64.1 Å². The predicted octanol–water partition coefficient (Wildman–Crippen LogP) is 1.68. The Morgan fingerprint density at radius 1 is 1.33 bits per heavy atom. The summed E-state index contributed by atoms with van der Waals surface area (Å²) in [6, 6.07) is 6.91. The molecular formula is C11H13N3O. The van der Waals surface area contributed by atoms with Crippen molar-refractivity contribution in [2.24, 2.45) is 7.05 Å². The molecule has 15 heavy (non-hydrogen) atoms. The minimum Gasteiger partial charge on any atom is -0.507 e. The van der Waals surface area contributed by atoms with E-state index in [9.17, 15) is 5.11 Å². The molecule has 0 bridgehead atoms. The van der Waals surface area contributed by atoms with Crippen molar-refractivity contribution in [2.45, 2.75) is 6.92 Å². The van der Waals surface area contributed by atoms with Crippen molar-refractivity contribution in [2.75, 3.05) is 5.73 Å². The first-order valence-corrected chi connectivity index (χ1v) is 4.67. The molecule has 0 aliphatic carbocycles. The molecule has 0 atom stereocenters. The van der Waals surface area contributed by atoms with Crippen LogP contribution < -0.4 is 5.73 Å². The summed E-state index contributed by atoms with van der Waals surface area (Å²) in [7, 11) is 1.84. The van der Waals surface area contributed by atoms with Crippen LogP contribution in [0.4, 0.5) is 5.69 Å². The highest BCUT2D eigenvalue weighted by Crippen LogP contribution is 2.30. The monoisotopic (exact) mass is 203 g/mol. The van der Waals surface area contributed by atoms with Crippen molar-refractivity contribution in [3.8, 4) is 17.0 Å². The Balaban J connectivity index is 2.62. The van der Waals surface area contributed by atoms with E-state index < -0.39 is 0 Å². The molecule has 0 unspecified atom stereocenters. The Morgan fingerprint density at radius 3 is 2.67 bits per heavy atom. The summed E-state index contributed by atoms with van der Waals surface area (Å²) < 4.78 is 1.73. The molecule has 0 saturated heterocycles. The lowest BCUT2D eigenvalue weighted by Crippen LogP contribution is -1.95. The Labute approximate surface area is 88.0 Å². The number of phenolic OH excluding ortho intramolecular Hbond substituents is 1. The predicted molar refractivity (Wildman–Crippen MR) is 59.5 cm³/mol. The van der Waals surface area contributed by atoms with Gasteiger partial charge in [0.2, 0.25) is 0 Å². The van der Waals surface area contributed by atoms with Crippen molar-refractivity contribution in [3.63, 3.8) is 0 Å². The van der Waals surface area contributed by atoms with E-state index in [0.717, 1.165) is 11.4 Å². The van der Waals surface area contributed by atoms with Crippen LogP contribution in [0.1, 0.15) is 5.69 Å². The molecule has 4 heteroatoms. The first-order chi connectivity index (χ1) is 7.08. The van der Waals surface area contributed by atoms with Gasteiger partial charge < -0.3 is 10.8 Å². The van der Waals surface area contributed by atoms with Gasteiger partial charge in [-0.15, -0.1) is 0 Å². The lowest BCUT2D eigenvalue weighted by molar-refractivity contribution is 0.476. The summed E-state index contributed by atoms with van der Waals surface area (Å²) in [5.41, 5.74) is 8.78.